The third-order valence-electron chi connectivity index (χ3n) is 12.4. The number of rotatable bonds is 44. The fraction of sp³-hybridized carbons (Fsp3) is 0.587. The van der Waals surface area contributed by atoms with Crippen molar-refractivity contribution in [3.8, 4) is 0 Å². The summed E-state index contributed by atoms with van der Waals surface area (Å²) < 4.78 is 0. The quantitative estimate of drug-likeness (QED) is 0.0255. The van der Waals surface area contributed by atoms with Gasteiger partial charge < -0.3 is 31.1 Å². The topological polar surface area (TPSA) is 146 Å². The molecule has 0 saturated carbocycles. The lowest BCUT2D eigenvalue weighted by Gasteiger charge is -2.34. The number of aliphatic hydroxyl groups is 4. The highest BCUT2D eigenvalue weighted by Crippen LogP contribution is 2.33. The number of nitrogens with one attached hydrogen (secondary N) is 2. The number of hydrogen-bond acceptors (Lipinski definition) is 12. The molecule has 0 saturated heterocycles. The third kappa shape index (κ3) is 40.2. The molecule has 0 aliphatic carbocycles. The first-order valence-corrected chi connectivity index (χ1v) is 29.6. The minimum absolute atomic E-state index is 0.00382. The number of hydrogen-bond donors (Lipinski definition) is 6. The van der Waals surface area contributed by atoms with Crippen LogP contribution in [0.5, 0.6) is 0 Å². The highest BCUT2D eigenvalue weighted by atomic mass is 32.2. The molecule has 12 heteroatoms. The Morgan fingerprint density at radius 3 is 1.53 bits per heavy atom. The minimum Gasteiger partial charge on any atom is -0.392 e. The fourth-order valence-corrected chi connectivity index (χ4v) is 9.43. The van der Waals surface area contributed by atoms with Crippen LogP contribution >= 0.6 is 23.5 Å². The van der Waals surface area contributed by atoms with Gasteiger partial charge in [0.05, 0.1) is 18.3 Å². The first-order chi connectivity index (χ1) is 35.9. The van der Waals surface area contributed by atoms with E-state index in [4.69, 9.17) is 0 Å². The van der Waals surface area contributed by atoms with Crippen LogP contribution in [-0.2, 0) is 9.59 Å². The number of carbonyl (C=O) groups is 2. The molecule has 0 aromatic rings. The summed E-state index contributed by atoms with van der Waals surface area (Å²) in [5.74, 6) is 0.570. The van der Waals surface area contributed by atoms with E-state index < -0.39 is 35.4 Å². The normalized spacial score (nSPS) is 16.1. The van der Waals surface area contributed by atoms with Crippen molar-refractivity contribution < 1.29 is 30.0 Å². The van der Waals surface area contributed by atoms with Gasteiger partial charge in [0.2, 0.25) is 0 Å². The van der Waals surface area contributed by atoms with Crippen LogP contribution in [0.2, 0.25) is 0 Å². The Balaban J connectivity index is 5.69. The van der Waals surface area contributed by atoms with Crippen molar-refractivity contribution in [1.29, 1.82) is 0 Å². The van der Waals surface area contributed by atoms with Crippen LogP contribution in [0.15, 0.2) is 146 Å². The summed E-state index contributed by atoms with van der Waals surface area (Å²) in [6.07, 6.45) is 54.3. The summed E-state index contributed by atoms with van der Waals surface area (Å²) in [5.41, 5.74) is -1.30. The zero-order chi connectivity index (χ0) is 56.0. The molecule has 0 aliphatic rings. The van der Waals surface area contributed by atoms with Crippen molar-refractivity contribution in [2.45, 2.75) is 158 Å². The maximum Gasteiger partial charge on any atom is 0.194 e. The SMILES string of the molecule is C/C=C\C/C=C\C/C=C\CC(C)C(O)CN(CCSC(=O)C(C)CC(C)(C)C(=O)SCCN(CC(O)N/C=C\C/C=C\C/C=C\C)CC(O)C(C)(C)/C=C\C/C=C\C/C=C\C)CC(O)CN/C=C\C/C=C\C/C=C\C. The van der Waals surface area contributed by atoms with Gasteiger partial charge in [-0.3, -0.25) is 19.4 Å². The van der Waals surface area contributed by atoms with Crippen molar-refractivity contribution in [2.75, 3.05) is 57.3 Å². The number of allylic oxidation sites excluding steroid dienone is 21. The van der Waals surface area contributed by atoms with Crippen molar-refractivity contribution in [3.63, 3.8) is 0 Å². The molecule has 75 heavy (non-hydrogen) atoms. The van der Waals surface area contributed by atoms with Gasteiger partial charge in [0.1, 0.15) is 6.23 Å². The molecule has 6 atom stereocenters. The second kappa shape index (κ2) is 46.4. The highest BCUT2D eigenvalue weighted by Gasteiger charge is 2.33. The molecule has 10 nitrogen and oxygen atoms in total. The smallest absolute Gasteiger partial charge is 0.194 e. The van der Waals surface area contributed by atoms with Gasteiger partial charge in [-0.1, -0.05) is 199 Å². The van der Waals surface area contributed by atoms with Gasteiger partial charge in [-0.05, 0) is 110 Å². The van der Waals surface area contributed by atoms with Crippen molar-refractivity contribution in [3.05, 3.63) is 146 Å². The fourth-order valence-electron chi connectivity index (χ4n) is 7.50. The lowest BCUT2D eigenvalue weighted by atomic mass is 9.85. The van der Waals surface area contributed by atoms with Gasteiger partial charge in [-0.15, -0.1) is 0 Å². The average Bonchev–Trinajstić information content (AvgIpc) is 3.36. The first-order valence-electron chi connectivity index (χ1n) is 27.6. The molecule has 6 unspecified atom stereocenters. The van der Waals surface area contributed by atoms with Crippen molar-refractivity contribution in [1.82, 2.24) is 20.4 Å². The van der Waals surface area contributed by atoms with E-state index in [9.17, 15) is 30.0 Å². The molecular weight excluding hydrogens is 973 g/mol. The van der Waals surface area contributed by atoms with Crippen LogP contribution in [0, 0.1) is 22.7 Å². The number of thioether (sulfide) groups is 2. The molecule has 0 aromatic carbocycles. The van der Waals surface area contributed by atoms with E-state index in [0.29, 0.717) is 57.2 Å². The van der Waals surface area contributed by atoms with Gasteiger partial charge in [0.15, 0.2) is 10.2 Å². The lowest BCUT2D eigenvalue weighted by molar-refractivity contribution is -0.120. The molecular formula is C63H104N4O6S2. The van der Waals surface area contributed by atoms with Crippen LogP contribution in [0.25, 0.3) is 0 Å². The van der Waals surface area contributed by atoms with Crippen molar-refractivity contribution in [2.24, 2.45) is 22.7 Å². The first kappa shape index (κ1) is 71.3. The summed E-state index contributed by atoms with van der Waals surface area (Å²) in [6, 6.07) is 0. The molecule has 0 aromatic heterocycles. The molecule has 0 aliphatic heterocycles. The molecule has 0 fully saturated rings. The average molecular weight is 1080 g/mol. The van der Waals surface area contributed by atoms with Gasteiger partial charge in [-0.2, -0.15) is 0 Å². The Kier molecular flexibility index (Phi) is 44.1. The van der Waals surface area contributed by atoms with Crippen LogP contribution < -0.4 is 10.6 Å². The van der Waals surface area contributed by atoms with Crippen LogP contribution in [0.4, 0.5) is 0 Å². The van der Waals surface area contributed by atoms with Crippen LogP contribution in [0.1, 0.15) is 133 Å². The predicted octanol–water partition coefficient (Wildman–Crippen LogP) is 12.6. The Labute approximate surface area is 465 Å². The summed E-state index contributed by atoms with van der Waals surface area (Å²) in [4.78, 5) is 31.5. The number of aliphatic hydroxyl groups excluding tert-OH is 4. The Hall–Kier alpha value is -3.72. The summed E-state index contributed by atoms with van der Waals surface area (Å²) in [5, 5.41) is 51.1. The van der Waals surface area contributed by atoms with Crippen LogP contribution in [0.3, 0.4) is 0 Å². The maximum atomic E-state index is 13.8. The molecule has 0 spiro atoms. The number of carbonyl (C=O) groups excluding carboxylic acids is 2. The zero-order valence-corrected chi connectivity index (χ0v) is 49.7. The lowest BCUT2D eigenvalue weighted by Crippen LogP contribution is -2.46. The molecule has 0 radical (unpaired) electrons. The third-order valence-corrected chi connectivity index (χ3v) is 14.6. The second-order valence-electron chi connectivity index (χ2n) is 20.4. The Morgan fingerprint density at radius 1 is 0.547 bits per heavy atom. The summed E-state index contributed by atoms with van der Waals surface area (Å²) >= 11 is 2.47. The standard InChI is InChI=1S/C63H104N4O6S2/c1-11-15-19-23-27-28-32-36-40-54(5)57(69)51-66(50-56(68)49-64-42-38-34-30-25-21-17-13-3)44-46-74-60(72)55(6)48-63(9,10)61(73)75-47-45-67(53-59(71)65-43-39-35-31-26-22-18-14-4)52-58(70)62(7,8)41-37-33-29-24-20-16-12-2/h11-18,23-27,29-32,36-39,41-43,54-59,64-65,68-71H,19-22,28,33-35,40,44-53H2,1-10H3/b15-11-,16-12-,17-13-,18-14-,27-23-,29-24-,30-25-,31-26-,36-32-,41-37-,42-38-,43-39-. The zero-order valence-electron chi connectivity index (χ0n) is 48.1. The summed E-state index contributed by atoms with van der Waals surface area (Å²) in [7, 11) is 0. The van der Waals surface area contributed by atoms with E-state index in [1.807, 2.05) is 128 Å². The van der Waals surface area contributed by atoms with E-state index in [0.717, 1.165) is 57.8 Å². The molecule has 0 heterocycles. The van der Waals surface area contributed by atoms with E-state index in [1.165, 1.54) is 23.5 Å². The monoisotopic (exact) mass is 1080 g/mol. The van der Waals surface area contributed by atoms with E-state index in [-0.39, 0.29) is 28.6 Å². The van der Waals surface area contributed by atoms with E-state index in [1.54, 1.807) is 6.20 Å². The highest BCUT2D eigenvalue weighted by molar-refractivity contribution is 8.14. The molecule has 0 amide bonds. The Bertz CT molecular complexity index is 1840. The Morgan fingerprint density at radius 2 is 1.00 bits per heavy atom. The molecule has 0 bridgehead atoms. The largest absolute Gasteiger partial charge is 0.392 e. The van der Waals surface area contributed by atoms with E-state index >= 15 is 0 Å². The van der Waals surface area contributed by atoms with Gasteiger partial charge in [0.25, 0.3) is 0 Å². The minimum atomic E-state index is -0.886. The molecule has 424 valence electrons. The van der Waals surface area contributed by atoms with Gasteiger partial charge >= 0.3 is 0 Å². The van der Waals surface area contributed by atoms with Crippen molar-refractivity contribution >= 4 is 33.8 Å². The summed E-state index contributed by atoms with van der Waals surface area (Å²) in [6.45, 7) is 22.3. The van der Waals surface area contributed by atoms with Gasteiger partial charge in [0, 0.05) is 74.1 Å². The molecule has 6 N–H and O–H groups in total. The van der Waals surface area contributed by atoms with E-state index in [2.05, 4.69) is 102 Å². The van der Waals surface area contributed by atoms with Crippen LogP contribution in [-0.4, -0.2) is 122 Å². The maximum absolute atomic E-state index is 13.8. The second-order valence-corrected chi connectivity index (χ2v) is 22.6. The predicted molar refractivity (Wildman–Crippen MR) is 327 cm³/mol. The molecule has 0 rings (SSSR count). The number of nitrogens with zero attached hydrogens (tertiary/aromatic N) is 2. The van der Waals surface area contributed by atoms with Gasteiger partial charge in [-0.25, -0.2) is 0 Å².